The highest BCUT2D eigenvalue weighted by Crippen LogP contribution is 2.27. The van der Waals surface area contributed by atoms with Gasteiger partial charge in [-0.15, -0.1) is 11.8 Å². The first kappa shape index (κ1) is 15.2. The van der Waals surface area contributed by atoms with E-state index in [1.54, 1.807) is 6.92 Å². The first-order valence-corrected chi connectivity index (χ1v) is 7.46. The number of hydrogen-bond acceptors (Lipinski definition) is 4. The van der Waals surface area contributed by atoms with Gasteiger partial charge in [0.2, 0.25) is 0 Å². The molecule has 0 saturated carbocycles. The van der Waals surface area contributed by atoms with Crippen LogP contribution in [0.4, 0.5) is 0 Å². The third-order valence-corrected chi connectivity index (χ3v) is 4.23. The van der Waals surface area contributed by atoms with E-state index in [0.29, 0.717) is 12.4 Å². The second kappa shape index (κ2) is 8.32. The zero-order valence-electron chi connectivity index (χ0n) is 10.1. The van der Waals surface area contributed by atoms with E-state index in [1.165, 1.54) is 11.8 Å². The van der Waals surface area contributed by atoms with Gasteiger partial charge in [0.15, 0.2) is 0 Å². The summed E-state index contributed by atoms with van der Waals surface area (Å²) in [7, 11) is 0. The fourth-order valence-corrected chi connectivity index (χ4v) is 2.74. The van der Waals surface area contributed by atoms with E-state index in [4.69, 9.17) is 4.74 Å². The Morgan fingerprint density at radius 3 is 2.67 bits per heavy atom. The molecule has 0 radical (unpaired) electrons. The number of carbonyl (C=O) groups excluding carboxylic acids is 2. The maximum Gasteiger partial charge on any atom is 0.306 e. The minimum absolute atomic E-state index is 0.0591. The minimum atomic E-state index is -0.309. The maximum atomic E-state index is 11.6. The van der Waals surface area contributed by atoms with Crippen LogP contribution in [-0.4, -0.2) is 24.1 Å². The van der Waals surface area contributed by atoms with Gasteiger partial charge in [0.05, 0.1) is 18.8 Å². The molecule has 0 aromatic heterocycles. The summed E-state index contributed by atoms with van der Waals surface area (Å²) in [5.41, 5.74) is 0. The van der Waals surface area contributed by atoms with Gasteiger partial charge in [-0.2, -0.15) is 0 Å². The van der Waals surface area contributed by atoms with Crippen LogP contribution in [0.2, 0.25) is 0 Å². The van der Waals surface area contributed by atoms with Crippen molar-refractivity contribution in [2.45, 2.75) is 24.7 Å². The van der Waals surface area contributed by atoms with Crippen molar-refractivity contribution in [3.8, 4) is 0 Å². The smallest absolute Gasteiger partial charge is 0.306 e. The van der Waals surface area contributed by atoms with E-state index in [-0.39, 0.29) is 24.6 Å². The molecule has 98 valence electrons. The van der Waals surface area contributed by atoms with Crippen molar-refractivity contribution in [3.05, 3.63) is 28.7 Å². The van der Waals surface area contributed by atoms with Gasteiger partial charge in [0.25, 0.3) is 0 Å². The molecule has 3 nitrogen and oxygen atoms in total. The molecule has 5 heteroatoms. The number of Topliss-reactive ketones (excluding diaryl/α,β-unsaturated/α-hetero) is 1. The molecule has 0 spiro atoms. The van der Waals surface area contributed by atoms with Gasteiger partial charge < -0.3 is 4.74 Å². The fourth-order valence-electron chi connectivity index (χ4n) is 1.27. The third-order valence-electron chi connectivity index (χ3n) is 2.14. The molecule has 0 atom stereocenters. The largest absolute Gasteiger partial charge is 0.466 e. The number of esters is 1. The Morgan fingerprint density at radius 2 is 2.00 bits per heavy atom. The van der Waals surface area contributed by atoms with Crippen LogP contribution in [0.3, 0.4) is 0 Å². The zero-order chi connectivity index (χ0) is 13.4. The molecule has 0 N–H and O–H groups in total. The van der Waals surface area contributed by atoms with Crippen LogP contribution in [0.25, 0.3) is 0 Å². The van der Waals surface area contributed by atoms with Gasteiger partial charge >= 0.3 is 5.97 Å². The molecule has 0 heterocycles. The van der Waals surface area contributed by atoms with E-state index < -0.39 is 0 Å². The lowest BCUT2D eigenvalue weighted by Gasteiger charge is -2.04. The Balaban J connectivity index is 2.29. The van der Waals surface area contributed by atoms with Crippen LogP contribution in [0.5, 0.6) is 0 Å². The summed E-state index contributed by atoms with van der Waals surface area (Å²) >= 11 is 4.89. The summed E-state index contributed by atoms with van der Waals surface area (Å²) in [4.78, 5) is 23.7. The highest BCUT2D eigenvalue weighted by atomic mass is 79.9. The third kappa shape index (κ3) is 5.69. The van der Waals surface area contributed by atoms with E-state index in [2.05, 4.69) is 15.9 Å². The van der Waals surface area contributed by atoms with Gasteiger partial charge in [-0.1, -0.05) is 12.1 Å². The SMILES string of the molecule is CCOC(=O)CCC(=O)CSc1ccccc1Br. The minimum Gasteiger partial charge on any atom is -0.466 e. The first-order valence-electron chi connectivity index (χ1n) is 5.68. The highest BCUT2D eigenvalue weighted by Gasteiger charge is 2.09. The van der Waals surface area contributed by atoms with Gasteiger partial charge in [-0.3, -0.25) is 9.59 Å². The van der Waals surface area contributed by atoms with E-state index in [9.17, 15) is 9.59 Å². The lowest BCUT2D eigenvalue weighted by Crippen LogP contribution is -2.09. The Kier molecular flexibility index (Phi) is 7.05. The second-order valence-electron chi connectivity index (χ2n) is 3.56. The number of benzene rings is 1. The average Bonchev–Trinajstić information content (AvgIpc) is 2.36. The lowest BCUT2D eigenvalue weighted by molar-refractivity contribution is -0.144. The van der Waals surface area contributed by atoms with E-state index in [1.807, 2.05) is 24.3 Å². The first-order chi connectivity index (χ1) is 8.63. The summed E-state index contributed by atoms with van der Waals surface area (Å²) in [6, 6.07) is 7.74. The Hall–Kier alpha value is -0.810. The number of rotatable bonds is 7. The number of ether oxygens (including phenoxy) is 1. The molecule has 0 bridgehead atoms. The Morgan fingerprint density at radius 1 is 1.28 bits per heavy atom. The molecule has 0 aliphatic rings. The lowest BCUT2D eigenvalue weighted by atomic mass is 10.2. The molecule has 0 saturated heterocycles. The van der Waals surface area contributed by atoms with Gasteiger partial charge in [-0.05, 0) is 35.0 Å². The average molecular weight is 331 g/mol. The summed E-state index contributed by atoms with van der Waals surface area (Å²) in [6.45, 7) is 2.11. The molecule has 0 aliphatic carbocycles. The second-order valence-corrected chi connectivity index (χ2v) is 5.43. The van der Waals surface area contributed by atoms with Crippen LogP contribution in [0.15, 0.2) is 33.6 Å². The number of thioether (sulfide) groups is 1. The Bertz CT molecular complexity index is 420. The van der Waals surface area contributed by atoms with Crippen molar-refractivity contribution in [1.82, 2.24) is 0 Å². The highest BCUT2D eigenvalue weighted by molar-refractivity contribution is 9.10. The number of hydrogen-bond donors (Lipinski definition) is 0. The quantitative estimate of drug-likeness (QED) is 0.567. The molecule has 1 aromatic rings. The van der Waals surface area contributed by atoms with Gasteiger partial charge in [-0.25, -0.2) is 0 Å². The summed E-state index contributed by atoms with van der Waals surface area (Å²) in [5.74, 6) is 0.128. The summed E-state index contributed by atoms with van der Waals surface area (Å²) < 4.78 is 5.75. The molecule has 0 fully saturated rings. The van der Waals surface area contributed by atoms with Crippen molar-refractivity contribution >= 4 is 39.4 Å². The Labute approximate surface area is 119 Å². The number of halogens is 1. The molecular formula is C13H15BrO3S. The van der Waals surface area contributed by atoms with Crippen molar-refractivity contribution < 1.29 is 14.3 Å². The van der Waals surface area contributed by atoms with Crippen LogP contribution < -0.4 is 0 Å². The van der Waals surface area contributed by atoms with Crippen LogP contribution in [0.1, 0.15) is 19.8 Å². The maximum absolute atomic E-state index is 11.6. The normalized spacial score (nSPS) is 10.1. The predicted molar refractivity (Wildman–Crippen MR) is 75.7 cm³/mol. The molecule has 18 heavy (non-hydrogen) atoms. The predicted octanol–water partition coefficient (Wildman–Crippen LogP) is 3.45. The summed E-state index contributed by atoms with van der Waals surface area (Å²) in [6.07, 6.45) is 0.416. The topological polar surface area (TPSA) is 43.4 Å². The molecule has 0 unspecified atom stereocenters. The van der Waals surface area contributed by atoms with E-state index in [0.717, 1.165) is 9.37 Å². The molecule has 1 aromatic carbocycles. The van der Waals surface area contributed by atoms with E-state index >= 15 is 0 Å². The van der Waals surface area contributed by atoms with Gasteiger partial charge in [0, 0.05) is 15.8 Å². The standard InChI is InChI=1S/C13H15BrO3S/c1-2-17-13(16)8-7-10(15)9-18-12-6-4-3-5-11(12)14/h3-6H,2,7-9H2,1H3. The monoisotopic (exact) mass is 330 g/mol. The van der Waals surface area contributed by atoms with Crippen molar-refractivity contribution in [2.75, 3.05) is 12.4 Å². The number of carbonyl (C=O) groups is 2. The molecule has 1 rings (SSSR count). The van der Waals surface area contributed by atoms with Crippen LogP contribution in [-0.2, 0) is 14.3 Å². The van der Waals surface area contributed by atoms with Crippen molar-refractivity contribution in [1.29, 1.82) is 0 Å². The molecule has 0 aliphatic heterocycles. The molecule has 0 amide bonds. The molecular weight excluding hydrogens is 316 g/mol. The van der Waals surface area contributed by atoms with Crippen LogP contribution >= 0.6 is 27.7 Å². The van der Waals surface area contributed by atoms with Gasteiger partial charge in [0.1, 0.15) is 5.78 Å². The number of ketones is 1. The van der Waals surface area contributed by atoms with Crippen molar-refractivity contribution in [2.24, 2.45) is 0 Å². The van der Waals surface area contributed by atoms with Crippen molar-refractivity contribution in [3.63, 3.8) is 0 Å². The zero-order valence-corrected chi connectivity index (χ0v) is 12.6. The fraction of sp³-hybridized carbons (Fsp3) is 0.385. The summed E-state index contributed by atoms with van der Waals surface area (Å²) in [5, 5.41) is 0. The van der Waals surface area contributed by atoms with Crippen LogP contribution in [0, 0.1) is 0 Å².